The summed E-state index contributed by atoms with van der Waals surface area (Å²) in [4.78, 5) is 1.47. The Hall–Kier alpha value is -1.21. The Kier molecular flexibility index (Phi) is 5.47. The summed E-state index contributed by atoms with van der Waals surface area (Å²) in [6.07, 6.45) is -4.63. The van der Waals surface area contributed by atoms with E-state index in [0.717, 1.165) is 19.2 Å². The van der Waals surface area contributed by atoms with Gasteiger partial charge in [-0.05, 0) is 11.6 Å². The number of benzene rings is 1. The third-order valence-corrected chi connectivity index (χ3v) is 2.91. The summed E-state index contributed by atoms with van der Waals surface area (Å²) < 4.78 is 63.3. The van der Waals surface area contributed by atoms with Gasteiger partial charge in [0, 0.05) is 26.6 Å². The highest BCUT2D eigenvalue weighted by molar-refractivity contribution is 5.25. The maximum Gasteiger partial charge on any atom is 0.416 e. The van der Waals surface area contributed by atoms with Crippen molar-refractivity contribution in [3.8, 4) is 0 Å². The van der Waals surface area contributed by atoms with Gasteiger partial charge in [0.05, 0.1) is 12.1 Å². The number of likely N-dealkylation sites (tertiary alicyclic amines) is 1. The van der Waals surface area contributed by atoms with Crippen LogP contribution in [-0.2, 0) is 12.7 Å². The molecule has 1 aromatic rings. The highest BCUT2D eigenvalue weighted by atomic mass is 19.4. The van der Waals surface area contributed by atoms with Gasteiger partial charge in [0.2, 0.25) is 0 Å². The van der Waals surface area contributed by atoms with E-state index in [1.54, 1.807) is 0 Å². The molecule has 1 saturated heterocycles. The fourth-order valence-corrected chi connectivity index (χ4v) is 2.05. The summed E-state index contributed by atoms with van der Waals surface area (Å²) in [7, 11) is 1.00. The Morgan fingerprint density at radius 1 is 1.25 bits per heavy atom. The van der Waals surface area contributed by atoms with Crippen LogP contribution in [0.25, 0.3) is 0 Å². The van der Waals surface area contributed by atoms with Crippen LogP contribution in [0.2, 0.25) is 0 Å². The van der Waals surface area contributed by atoms with Crippen LogP contribution < -0.4 is 0 Å². The maximum atomic E-state index is 12.9. The van der Waals surface area contributed by atoms with E-state index in [-0.39, 0.29) is 26.1 Å². The molecule has 1 aromatic carbocycles. The zero-order chi connectivity index (χ0) is 15.4. The third kappa shape index (κ3) is 4.72. The Balaban J connectivity index is 0.000000956. The molecule has 1 heterocycles. The zero-order valence-electron chi connectivity index (χ0n) is 10.9. The summed E-state index contributed by atoms with van der Waals surface area (Å²) >= 11 is 0. The SMILES string of the molecule is CO.FC1(F)CCN(Cc2cccc(C(F)(F)F)c2)C1. The van der Waals surface area contributed by atoms with Gasteiger partial charge in [-0.3, -0.25) is 4.90 Å². The van der Waals surface area contributed by atoms with Crippen molar-refractivity contribution in [2.45, 2.75) is 25.1 Å². The van der Waals surface area contributed by atoms with Gasteiger partial charge in [-0.1, -0.05) is 18.2 Å². The van der Waals surface area contributed by atoms with Crippen molar-refractivity contribution in [2.75, 3.05) is 20.2 Å². The van der Waals surface area contributed by atoms with Crippen molar-refractivity contribution in [1.82, 2.24) is 4.90 Å². The fraction of sp³-hybridized carbons (Fsp3) is 0.538. The first kappa shape index (κ1) is 16.8. The van der Waals surface area contributed by atoms with Gasteiger partial charge in [0.1, 0.15) is 0 Å². The molecule has 0 bridgehead atoms. The van der Waals surface area contributed by atoms with Crippen LogP contribution in [0, 0.1) is 0 Å². The molecule has 1 N–H and O–H groups in total. The van der Waals surface area contributed by atoms with E-state index in [4.69, 9.17) is 5.11 Å². The van der Waals surface area contributed by atoms with E-state index in [9.17, 15) is 22.0 Å². The molecule has 0 aromatic heterocycles. The van der Waals surface area contributed by atoms with Crippen molar-refractivity contribution in [1.29, 1.82) is 0 Å². The number of hydrogen-bond donors (Lipinski definition) is 1. The van der Waals surface area contributed by atoms with Crippen molar-refractivity contribution < 1.29 is 27.1 Å². The Morgan fingerprint density at radius 2 is 1.90 bits per heavy atom. The minimum absolute atomic E-state index is 0.125. The first-order valence-electron chi connectivity index (χ1n) is 5.97. The molecule has 0 atom stereocenters. The molecule has 0 saturated carbocycles. The molecule has 1 aliphatic rings. The average molecular weight is 297 g/mol. The molecule has 0 aliphatic carbocycles. The van der Waals surface area contributed by atoms with E-state index in [0.29, 0.717) is 5.56 Å². The molecule has 114 valence electrons. The van der Waals surface area contributed by atoms with Crippen LogP contribution in [0.1, 0.15) is 17.5 Å². The number of halogens is 5. The molecule has 7 heteroatoms. The lowest BCUT2D eigenvalue weighted by Gasteiger charge is -2.16. The summed E-state index contributed by atoms with van der Waals surface area (Å²) in [5, 5.41) is 7.00. The van der Waals surface area contributed by atoms with Crippen LogP contribution in [-0.4, -0.2) is 36.1 Å². The van der Waals surface area contributed by atoms with E-state index in [1.165, 1.54) is 17.0 Å². The van der Waals surface area contributed by atoms with Crippen LogP contribution >= 0.6 is 0 Å². The summed E-state index contributed by atoms with van der Waals surface area (Å²) in [5.41, 5.74) is -0.339. The van der Waals surface area contributed by atoms with E-state index in [1.807, 2.05) is 0 Å². The number of nitrogens with zero attached hydrogens (tertiary/aromatic N) is 1. The predicted molar refractivity (Wildman–Crippen MR) is 64.4 cm³/mol. The van der Waals surface area contributed by atoms with Crippen LogP contribution in [0.3, 0.4) is 0 Å². The quantitative estimate of drug-likeness (QED) is 0.848. The molecule has 0 unspecified atom stereocenters. The number of rotatable bonds is 2. The third-order valence-electron chi connectivity index (χ3n) is 2.91. The lowest BCUT2D eigenvalue weighted by molar-refractivity contribution is -0.137. The highest BCUT2D eigenvalue weighted by Gasteiger charge is 2.38. The van der Waals surface area contributed by atoms with Gasteiger partial charge in [-0.15, -0.1) is 0 Å². The van der Waals surface area contributed by atoms with E-state index < -0.39 is 17.7 Å². The average Bonchev–Trinajstić information content (AvgIpc) is 2.70. The topological polar surface area (TPSA) is 23.5 Å². The van der Waals surface area contributed by atoms with Gasteiger partial charge in [0.25, 0.3) is 5.92 Å². The number of alkyl halides is 5. The summed E-state index contributed by atoms with van der Waals surface area (Å²) in [5.74, 6) is -2.72. The highest BCUT2D eigenvalue weighted by Crippen LogP contribution is 2.31. The Bertz CT molecular complexity index is 433. The lowest BCUT2D eigenvalue weighted by Crippen LogP contribution is -2.25. The normalized spacial score (nSPS) is 18.6. The van der Waals surface area contributed by atoms with Crippen molar-refractivity contribution in [2.24, 2.45) is 0 Å². The smallest absolute Gasteiger partial charge is 0.400 e. The molecular weight excluding hydrogens is 281 g/mol. The molecule has 1 fully saturated rings. The lowest BCUT2D eigenvalue weighted by atomic mass is 10.1. The van der Waals surface area contributed by atoms with E-state index in [2.05, 4.69) is 0 Å². The standard InChI is InChI=1S/C12H12F5N.CH4O/c13-11(14)4-5-18(8-11)7-9-2-1-3-10(6-9)12(15,16)17;1-2/h1-3,6H,4-5,7-8H2;2H,1H3. The first-order valence-corrected chi connectivity index (χ1v) is 5.97. The fourth-order valence-electron chi connectivity index (χ4n) is 2.05. The number of hydrogen-bond acceptors (Lipinski definition) is 2. The van der Waals surface area contributed by atoms with Crippen molar-refractivity contribution in [3.63, 3.8) is 0 Å². The molecule has 0 spiro atoms. The predicted octanol–water partition coefficient (Wildman–Crippen LogP) is 3.15. The van der Waals surface area contributed by atoms with Crippen molar-refractivity contribution >= 4 is 0 Å². The largest absolute Gasteiger partial charge is 0.416 e. The number of aliphatic hydroxyl groups excluding tert-OH is 1. The van der Waals surface area contributed by atoms with Crippen LogP contribution in [0.4, 0.5) is 22.0 Å². The van der Waals surface area contributed by atoms with Gasteiger partial charge >= 0.3 is 6.18 Å². The molecular formula is C13H16F5NO. The molecule has 0 radical (unpaired) electrons. The molecule has 1 aliphatic heterocycles. The molecule has 20 heavy (non-hydrogen) atoms. The van der Waals surface area contributed by atoms with Gasteiger partial charge in [0.15, 0.2) is 0 Å². The van der Waals surface area contributed by atoms with Crippen molar-refractivity contribution in [3.05, 3.63) is 35.4 Å². The second kappa shape index (κ2) is 6.49. The Morgan fingerprint density at radius 3 is 2.40 bits per heavy atom. The van der Waals surface area contributed by atoms with Crippen LogP contribution in [0.15, 0.2) is 24.3 Å². The maximum absolute atomic E-state index is 12.9. The Labute approximate surface area is 113 Å². The second-order valence-corrected chi connectivity index (χ2v) is 4.51. The van der Waals surface area contributed by atoms with Gasteiger partial charge in [-0.25, -0.2) is 8.78 Å². The second-order valence-electron chi connectivity index (χ2n) is 4.51. The zero-order valence-corrected chi connectivity index (χ0v) is 10.9. The minimum atomic E-state index is -4.40. The number of aliphatic hydroxyl groups is 1. The van der Waals surface area contributed by atoms with Gasteiger partial charge in [-0.2, -0.15) is 13.2 Å². The van der Waals surface area contributed by atoms with E-state index >= 15 is 0 Å². The van der Waals surface area contributed by atoms with Gasteiger partial charge < -0.3 is 5.11 Å². The van der Waals surface area contributed by atoms with Crippen LogP contribution in [0.5, 0.6) is 0 Å². The summed E-state index contributed by atoms with van der Waals surface area (Å²) in [6.45, 7) is -0.0496. The summed E-state index contributed by atoms with van der Waals surface area (Å²) in [6, 6.07) is 4.80. The molecule has 2 nitrogen and oxygen atoms in total. The molecule has 0 amide bonds. The molecule has 2 rings (SSSR count). The first-order chi connectivity index (χ1) is 9.26. The monoisotopic (exact) mass is 297 g/mol. The minimum Gasteiger partial charge on any atom is -0.400 e.